The second-order valence-electron chi connectivity index (χ2n) is 9.79. The van der Waals surface area contributed by atoms with Crippen LogP contribution in [0.3, 0.4) is 0 Å². The Balaban J connectivity index is 1.42. The van der Waals surface area contributed by atoms with Gasteiger partial charge in [-0.15, -0.1) is 11.3 Å². The van der Waals surface area contributed by atoms with Crippen molar-refractivity contribution in [2.24, 2.45) is 0 Å². The number of piperazine rings is 1. The summed E-state index contributed by atoms with van der Waals surface area (Å²) in [7, 11) is 0. The number of rotatable bonds is 5. The Kier molecular flexibility index (Phi) is 6.87. The van der Waals surface area contributed by atoms with Crippen LogP contribution in [0.4, 0.5) is 5.82 Å². The molecule has 0 bridgehead atoms. The molecule has 34 heavy (non-hydrogen) atoms. The van der Waals surface area contributed by atoms with E-state index >= 15 is 0 Å². The average Bonchev–Trinajstić information content (AvgIpc) is 3.08. The molecule has 180 valence electrons. The molecule has 0 spiro atoms. The van der Waals surface area contributed by atoms with E-state index in [-0.39, 0.29) is 5.91 Å². The molecule has 6 heteroatoms. The van der Waals surface area contributed by atoms with Gasteiger partial charge in [-0.05, 0) is 61.8 Å². The van der Waals surface area contributed by atoms with Crippen molar-refractivity contribution in [3.63, 3.8) is 0 Å². The first-order valence-corrected chi connectivity index (χ1v) is 13.9. The van der Waals surface area contributed by atoms with Gasteiger partial charge in [-0.1, -0.05) is 39.3 Å². The van der Waals surface area contributed by atoms with Crippen LogP contribution in [-0.2, 0) is 19.3 Å². The van der Waals surface area contributed by atoms with E-state index in [1.807, 2.05) is 28.4 Å². The van der Waals surface area contributed by atoms with Gasteiger partial charge in [0.05, 0.1) is 5.39 Å². The molecule has 5 nitrogen and oxygen atoms in total. The van der Waals surface area contributed by atoms with Crippen LogP contribution < -0.4 is 4.90 Å². The first kappa shape index (κ1) is 23.3. The van der Waals surface area contributed by atoms with Crippen LogP contribution in [0, 0.1) is 0 Å². The van der Waals surface area contributed by atoms with Gasteiger partial charge >= 0.3 is 0 Å². The molecule has 1 aliphatic heterocycles. The molecule has 1 aromatic carbocycles. The number of carbonyl (C=O) groups excluding carboxylic acids is 1. The van der Waals surface area contributed by atoms with Crippen molar-refractivity contribution in [3.8, 4) is 0 Å². The van der Waals surface area contributed by atoms with Crippen molar-refractivity contribution in [2.75, 3.05) is 31.1 Å². The molecule has 1 atom stereocenters. The number of carbonyl (C=O) groups is 1. The number of nitrogens with zero attached hydrogens (tertiary/aromatic N) is 4. The number of anilines is 1. The fourth-order valence-electron chi connectivity index (χ4n) is 5.15. The van der Waals surface area contributed by atoms with E-state index < -0.39 is 0 Å². The highest BCUT2D eigenvalue weighted by atomic mass is 32.1. The number of hydrogen-bond acceptors (Lipinski definition) is 5. The Bertz CT molecular complexity index is 1160. The van der Waals surface area contributed by atoms with Gasteiger partial charge in [0.2, 0.25) is 0 Å². The molecule has 0 N–H and O–H groups in total. The number of benzene rings is 1. The Morgan fingerprint density at radius 2 is 1.74 bits per heavy atom. The molecule has 0 unspecified atom stereocenters. The van der Waals surface area contributed by atoms with E-state index in [1.165, 1.54) is 51.9 Å². The number of aromatic nitrogens is 2. The predicted octanol–water partition coefficient (Wildman–Crippen LogP) is 6.00. The quantitative estimate of drug-likeness (QED) is 0.424. The van der Waals surface area contributed by atoms with Crippen molar-refractivity contribution < 1.29 is 4.79 Å². The van der Waals surface area contributed by atoms with Crippen molar-refractivity contribution in [3.05, 3.63) is 51.7 Å². The van der Waals surface area contributed by atoms with Crippen molar-refractivity contribution in [1.82, 2.24) is 14.9 Å². The second-order valence-corrected chi connectivity index (χ2v) is 10.9. The summed E-state index contributed by atoms with van der Waals surface area (Å²) in [6.07, 6.45) is 8.18. The molecule has 1 saturated heterocycles. The highest BCUT2D eigenvalue weighted by Gasteiger charge is 2.28. The first-order valence-electron chi connectivity index (χ1n) is 13.0. The van der Waals surface area contributed by atoms with Crippen LogP contribution in [0.2, 0.25) is 0 Å². The van der Waals surface area contributed by atoms with Gasteiger partial charge in [-0.2, -0.15) is 0 Å². The Morgan fingerprint density at radius 1 is 1.00 bits per heavy atom. The summed E-state index contributed by atoms with van der Waals surface area (Å²) in [6, 6.07) is 8.08. The summed E-state index contributed by atoms with van der Waals surface area (Å²) in [5, 5.41) is 1.30. The van der Waals surface area contributed by atoms with Crippen molar-refractivity contribution in [1.29, 1.82) is 0 Å². The van der Waals surface area contributed by atoms with Gasteiger partial charge in [0.25, 0.3) is 5.91 Å². The molecule has 1 fully saturated rings. The van der Waals surface area contributed by atoms with Gasteiger partial charge in [-0.3, -0.25) is 4.79 Å². The summed E-state index contributed by atoms with van der Waals surface area (Å²) >= 11 is 1.90. The molecular formula is C28H36N4OS. The fourth-order valence-corrected chi connectivity index (χ4v) is 6.41. The molecule has 0 saturated carbocycles. The fraction of sp³-hybridized carbons (Fsp3) is 0.536. The van der Waals surface area contributed by atoms with Gasteiger partial charge in [0.15, 0.2) is 0 Å². The van der Waals surface area contributed by atoms with Gasteiger partial charge in [0.1, 0.15) is 16.5 Å². The molecule has 1 amide bonds. The van der Waals surface area contributed by atoms with Crippen LogP contribution in [0.1, 0.15) is 84.6 Å². The topological polar surface area (TPSA) is 49.3 Å². The average molecular weight is 477 g/mol. The van der Waals surface area contributed by atoms with E-state index in [2.05, 4.69) is 37.8 Å². The minimum atomic E-state index is 0.139. The molecule has 2 aliphatic rings. The summed E-state index contributed by atoms with van der Waals surface area (Å²) in [4.78, 5) is 30.4. The lowest BCUT2D eigenvalue weighted by Gasteiger charge is -2.36. The lowest BCUT2D eigenvalue weighted by molar-refractivity contribution is 0.0746. The molecule has 5 rings (SSSR count). The lowest BCUT2D eigenvalue weighted by atomic mass is 10.1. The van der Waals surface area contributed by atoms with Crippen LogP contribution >= 0.6 is 11.3 Å². The third kappa shape index (κ3) is 4.45. The maximum absolute atomic E-state index is 13.1. The SMILES string of the molecule is CCc1ccc(C(=O)N2CCN(c3nc([C@H](C)CC)nc4sc5c(c34)CCCCC5)CC2)cc1. The van der Waals surface area contributed by atoms with Gasteiger partial charge in [0, 0.05) is 42.5 Å². The largest absolute Gasteiger partial charge is 0.352 e. The smallest absolute Gasteiger partial charge is 0.253 e. The minimum absolute atomic E-state index is 0.139. The number of hydrogen-bond donors (Lipinski definition) is 0. The summed E-state index contributed by atoms with van der Waals surface area (Å²) in [5.41, 5.74) is 3.55. The minimum Gasteiger partial charge on any atom is -0.352 e. The summed E-state index contributed by atoms with van der Waals surface area (Å²) < 4.78 is 0. The standard InChI is InChI=1S/C28H36N4OS/c1-4-19(3)25-29-26(24-22-9-7-6-8-10-23(22)34-27(24)30-25)31-15-17-32(18-16-31)28(33)21-13-11-20(5-2)12-14-21/h11-14,19H,4-10,15-18H2,1-3H3/t19-/m1/s1. The maximum atomic E-state index is 13.1. The zero-order valence-electron chi connectivity index (χ0n) is 20.8. The van der Waals surface area contributed by atoms with Crippen molar-refractivity contribution >= 4 is 33.3 Å². The molecule has 3 heterocycles. The van der Waals surface area contributed by atoms with Crippen molar-refractivity contribution in [2.45, 2.75) is 71.6 Å². The first-order chi connectivity index (χ1) is 16.6. The highest BCUT2D eigenvalue weighted by Crippen LogP contribution is 2.40. The molecule has 0 radical (unpaired) electrons. The van der Waals surface area contributed by atoms with E-state index in [4.69, 9.17) is 9.97 Å². The molecule has 3 aromatic rings. The zero-order valence-corrected chi connectivity index (χ0v) is 21.6. The molecule has 2 aromatic heterocycles. The second kappa shape index (κ2) is 10.0. The monoisotopic (exact) mass is 476 g/mol. The predicted molar refractivity (Wildman–Crippen MR) is 141 cm³/mol. The van der Waals surface area contributed by atoms with E-state index in [9.17, 15) is 4.79 Å². The Hall–Kier alpha value is -2.47. The zero-order chi connectivity index (χ0) is 23.7. The normalized spacial score (nSPS) is 17.5. The van der Waals surface area contributed by atoms with Crippen LogP contribution in [-0.4, -0.2) is 47.0 Å². The van der Waals surface area contributed by atoms with Crippen LogP contribution in [0.15, 0.2) is 24.3 Å². The number of aryl methyl sites for hydroxylation is 3. The van der Waals surface area contributed by atoms with E-state index in [0.717, 1.165) is 62.6 Å². The molecule has 1 aliphatic carbocycles. The van der Waals surface area contributed by atoms with Gasteiger partial charge in [-0.25, -0.2) is 9.97 Å². The maximum Gasteiger partial charge on any atom is 0.253 e. The molecular weight excluding hydrogens is 440 g/mol. The summed E-state index contributed by atoms with van der Waals surface area (Å²) in [6.45, 7) is 9.66. The van der Waals surface area contributed by atoms with Gasteiger partial charge < -0.3 is 9.80 Å². The Labute approximate surface area is 207 Å². The summed E-state index contributed by atoms with van der Waals surface area (Å²) in [5.74, 6) is 2.56. The van der Waals surface area contributed by atoms with E-state index in [1.54, 1.807) is 0 Å². The van der Waals surface area contributed by atoms with Crippen LogP contribution in [0.25, 0.3) is 10.2 Å². The van der Waals surface area contributed by atoms with E-state index in [0.29, 0.717) is 5.92 Å². The number of thiophene rings is 1. The van der Waals surface area contributed by atoms with Crippen LogP contribution in [0.5, 0.6) is 0 Å². The highest BCUT2D eigenvalue weighted by molar-refractivity contribution is 7.19. The third-order valence-corrected chi connectivity index (χ3v) is 8.78. The Morgan fingerprint density at radius 3 is 2.44 bits per heavy atom. The lowest BCUT2D eigenvalue weighted by Crippen LogP contribution is -2.49. The third-order valence-electron chi connectivity index (χ3n) is 7.59. The number of fused-ring (bicyclic) bond motifs is 3. The number of amides is 1.